The number of ether oxygens (including phenoxy) is 2. The molecule has 0 aromatic rings. The Bertz CT molecular complexity index is 364. The highest BCUT2D eigenvalue weighted by atomic mass is 28.3. The molecule has 1 heterocycles. The van der Waals surface area contributed by atoms with E-state index in [0.717, 1.165) is 0 Å². The zero-order valence-electron chi connectivity index (χ0n) is 12.4. The smallest absolute Gasteiger partial charge is 0.324 e. The first-order chi connectivity index (χ1) is 8.03. The van der Waals surface area contributed by atoms with Gasteiger partial charge in [-0.25, -0.2) is 4.79 Å². The lowest BCUT2D eigenvalue weighted by Crippen LogP contribution is -2.27. The van der Waals surface area contributed by atoms with Gasteiger partial charge in [-0.3, -0.25) is 0 Å². The molecule has 1 aliphatic heterocycles. The highest BCUT2D eigenvalue weighted by Crippen LogP contribution is 2.35. The SMILES string of the molecule is C[SiH](C)OC(=O)C(=C1COC(C)(C)O1)C(C)(C)C. The molecule has 0 bridgehead atoms. The van der Waals surface area contributed by atoms with Crippen LogP contribution in [-0.2, 0) is 18.7 Å². The zero-order valence-corrected chi connectivity index (χ0v) is 13.6. The van der Waals surface area contributed by atoms with Gasteiger partial charge in [-0.1, -0.05) is 20.8 Å². The Morgan fingerprint density at radius 3 is 2.22 bits per heavy atom. The van der Waals surface area contributed by atoms with E-state index < -0.39 is 14.8 Å². The molecule has 104 valence electrons. The first kappa shape index (κ1) is 15.2. The Kier molecular flexibility index (Phi) is 4.28. The van der Waals surface area contributed by atoms with Crippen molar-refractivity contribution in [1.82, 2.24) is 0 Å². The lowest BCUT2D eigenvalue weighted by molar-refractivity contribution is -0.132. The third kappa shape index (κ3) is 3.85. The van der Waals surface area contributed by atoms with Crippen LogP contribution in [-0.4, -0.2) is 27.4 Å². The van der Waals surface area contributed by atoms with Gasteiger partial charge in [0.15, 0.2) is 0 Å². The van der Waals surface area contributed by atoms with E-state index in [9.17, 15) is 4.79 Å². The fourth-order valence-corrected chi connectivity index (χ4v) is 2.38. The van der Waals surface area contributed by atoms with Gasteiger partial charge in [0.25, 0.3) is 0 Å². The monoisotopic (exact) mass is 272 g/mol. The second-order valence-corrected chi connectivity index (χ2v) is 8.63. The van der Waals surface area contributed by atoms with E-state index in [-0.39, 0.29) is 11.4 Å². The summed E-state index contributed by atoms with van der Waals surface area (Å²) in [5.74, 6) is -0.325. The van der Waals surface area contributed by atoms with Crippen LogP contribution in [0.5, 0.6) is 0 Å². The van der Waals surface area contributed by atoms with Gasteiger partial charge in [0, 0.05) is 13.8 Å². The van der Waals surface area contributed by atoms with E-state index in [4.69, 9.17) is 13.9 Å². The van der Waals surface area contributed by atoms with Gasteiger partial charge in [0.05, 0.1) is 5.57 Å². The van der Waals surface area contributed by atoms with Gasteiger partial charge in [0.1, 0.15) is 12.4 Å². The van der Waals surface area contributed by atoms with Crippen LogP contribution < -0.4 is 0 Å². The third-order valence-electron chi connectivity index (χ3n) is 2.50. The molecule has 0 spiro atoms. The first-order valence-electron chi connectivity index (χ1n) is 6.30. The Morgan fingerprint density at radius 2 is 1.89 bits per heavy atom. The van der Waals surface area contributed by atoms with Crippen LogP contribution in [0.25, 0.3) is 0 Å². The topological polar surface area (TPSA) is 44.8 Å². The molecule has 0 saturated carbocycles. The first-order valence-corrected chi connectivity index (χ1v) is 9.08. The fraction of sp³-hybridized carbons (Fsp3) is 0.769. The van der Waals surface area contributed by atoms with Crippen molar-refractivity contribution in [3.8, 4) is 0 Å². The van der Waals surface area contributed by atoms with E-state index in [1.165, 1.54) is 0 Å². The van der Waals surface area contributed by atoms with Crippen molar-refractivity contribution in [2.24, 2.45) is 5.41 Å². The molecule has 0 aromatic carbocycles. The van der Waals surface area contributed by atoms with Crippen LogP contribution in [0.15, 0.2) is 11.3 Å². The minimum absolute atomic E-state index is 0.263. The largest absolute Gasteiger partial charge is 0.519 e. The molecule has 0 amide bonds. The molecule has 5 heteroatoms. The number of carbonyl (C=O) groups is 1. The lowest BCUT2D eigenvalue weighted by Gasteiger charge is -2.25. The van der Waals surface area contributed by atoms with Crippen molar-refractivity contribution in [3.63, 3.8) is 0 Å². The Labute approximate surface area is 111 Å². The molecule has 1 aliphatic rings. The summed E-state index contributed by atoms with van der Waals surface area (Å²) in [6.45, 7) is 13.9. The summed E-state index contributed by atoms with van der Waals surface area (Å²) in [5, 5.41) is 0. The normalized spacial score (nSPS) is 21.8. The number of hydrogen-bond donors (Lipinski definition) is 0. The van der Waals surface area contributed by atoms with Crippen molar-refractivity contribution < 1.29 is 18.7 Å². The van der Waals surface area contributed by atoms with Crippen LogP contribution in [0.1, 0.15) is 34.6 Å². The molecule has 1 rings (SSSR count). The maximum Gasteiger partial charge on any atom is 0.324 e. The molecule has 4 nitrogen and oxygen atoms in total. The standard InChI is InChI=1S/C13H24O4Si/c1-12(2,3)10(11(14)17-18(6)7)9-8-15-13(4,5)16-9/h18H,8H2,1-7H3. The predicted molar refractivity (Wildman–Crippen MR) is 72.6 cm³/mol. The molecule has 0 unspecified atom stereocenters. The molecule has 18 heavy (non-hydrogen) atoms. The molecule has 0 aliphatic carbocycles. The van der Waals surface area contributed by atoms with E-state index in [1.54, 1.807) is 0 Å². The van der Waals surface area contributed by atoms with E-state index in [1.807, 2.05) is 47.7 Å². The molecule has 0 atom stereocenters. The maximum atomic E-state index is 12.2. The van der Waals surface area contributed by atoms with Crippen LogP contribution in [0.4, 0.5) is 0 Å². The summed E-state index contributed by atoms with van der Waals surface area (Å²) in [5.41, 5.74) is 0.272. The molecule has 0 radical (unpaired) electrons. The van der Waals surface area contributed by atoms with E-state index in [2.05, 4.69) is 0 Å². The summed E-state index contributed by atoms with van der Waals surface area (Å²) < 4.78 is 16.6. The quantitative estimate of drug-likeness (QED) is 0.572. The van der Waals surface area contributed by atoms with E-state index >= 15 is 0 Å². The molecular formula is C13H24O4Si. The second kappa shape index (κ2) is 5.05. The summed E-state index contributed by atoms with van der Waals surface area (Å²) in [4.78, 5) is 12.2. The number of rotatable bonds is 2. The number of carbonyl (C=O) groups excluding carboxylic acids is 1. The maximum absolute atomic E-state index is 12.2. The Hall–Kier alpha value is -0.813. The van der Waals surface area contributed by atoms with Crippen molar-refractivity contribution >= 4 is 15.0 Å². The van der Waals surface area contributed by atoms with Crippen LogP contribution in [0, 0.1) is 5.41 Å². The van der Waals surface area contributed by atoms with Gasteiger partial charge < -0.3 is 13.9 Å². The summed E-state index contributed by atoms with van der Waals surface area (Å²) in [6, 6.07) is 0. The highest BCUT2D eigenvalue weighted by molar-refractivity contribution is 6.51. The van der Waals surface area contributed by atoms with Crippen LogP contribution >= 0.6 is 0 Å². The fourth-order valence-electron chi connectivity index (χ4n) is 1.83. The lowest BCUT2D eigenvalue weighted by atomic mass is 9.85. The van der Waals surface area contributed by atoms with Gasteiger partial charge in [-0.15, -0.1) is 0 Å². The predicted octanol–water partition coefficient (Wildman–Crippen LogP) is 2.60. The molecule has 0 aromatic heterocycles. The Balaban J connectivity index is 3.08. The zero-order chi connectivity index (χ0) is 14.1. The Morgan fingerprint density at radius 1 is 1.33 bits per heavy atom. The van der Waals surface area contributed by atoms with Gasteiger partial charge in [0.2, 0.25) is 14.8 Å². The van der Waals surface area contributed by atoms with E-state index in [0.29, 0.717) is 17.9 Å². The van der Waals surface area contributed by atoms with Crippen molar-refractivity contribution in [1.29, 1.82) is 0 Å². The third-order valence-corrected chi connectivity index (χ3v) is 3.18. The van der Waals surface area contributed by atoms with Crippen molar-refractivity contribution in [3.05, 3.63) is 11.3 Å². The molecule has 1 saturated heterocycles. The average molecular weight is 272 g/mol. The number of hydrogen-bond acceptors (Lipinski definition) is 4. The van der Waals surface area contributed by atoms with Gasteiger partial charge in [-0.2, -0.15) is 0 Å². The minimum atomic E-state index is -1.41. The van der Waals surface area contributed by atoms with Crippen LogP contribution in [0.3, 0.4) is 0 Å². The minimum Gasteiger partial charge on any atom is -0.519 e. The van der Waals surface area contributed by atoms with Gasteiger partial charge >= 0.3 is 5.97 Å². The highest BCUT2D eigenvalue weighted by Gasteiger charge is 2.37. The van der Waals surface area contributed by atoms with Crippen molar-refractivity contribution in [2.75, 3.05) is 6.61 Å². The summed E-state index contributed by atoms with van der Waals surface area (Å²) in [7, 11) is -1.41. The molecule has 1 fully saturated rings. The van der Waals surface area contributed by atoms with Crippen molar-refractivity contribution in [2.45, 2.75) is 53.5 Å². The molecule has 0 N–H and O–H groups in total. The van der Waals surface area contributed by atoms with Crippen LogP contribution in [0.2, 0.25) is 13.1 Å². The summed E-state index contributed by atoms with van der Waals surface area (Å²) in [6.07, 6.45) is 0. The van der Waals surface area contributed by atoms with Gasteiger partial charge in [-0.05, 0) is 18.5 Å². The molecular weight excluding hydrogens is 248 g/mol. The summed E-state index contributed by atoms with van der Waals surface area (Å²) >= 11 is 0. The second-order valence-electron chi connectivity index (χ2n) is 6.29. The average Bonchev–Trinajstić information content (AvgIpc) is 2.41.